The predicted molar refractivity (Wildman–Crippen MR) is 67.9 cm³/mol. The molecular formula is C10H11F3N4O2S. The van der Waals surface area contributed by atoms with Crippen LogP contribution in [0.2, 0.25) is 0 Å². The van der Waals surface area contributed by atoms with E-state index in [1.165, 1.54) is 30.1 Å². The van der Waals surface area contributed by atoms with Crippen molar-refractivity contribution in [1.82, 2.24) is 9.80 Å². The van der Waals surface area contributed by atoms with Gasteiger partial charge in [0.1, 0.15) is 0 Å². The molecule has 0 N–H and O–H groups in total. The van der Waals surface area contributed by atoms with Gasteiger partial charge in [0.2, 0.25) is 5.96 Å². The van der Waals surface area contributed by atoms with Gasteiger partial charge in [0, 0.05) is 20.3 Å². The largest absolute Gasteiger partial charge is 0.465 e. The number of thioether (sulfide) groups is 1. The van der Waals surface area contributed by atoms with Crippen LogP contribution >= 0.6 is 11.8 Å². The van der Waals surface area contributed by atoms with Gasteiger partial charge >= 0.3 is 17.8 Å². The highest BCUT2D eigenvalue weighted by Gasteiger charge is 2.65. The molecule has 0 saturated heterocycles. The van der Waals surface area contributed by atoms with Gasteiger partial charge in [-0.2, -0.15) is 13.2 Å². The van der Waals surface area contributed by atoms with Crippen molar-refractivity contribution in [3.05, 3.63) is 11.6 Å². The number of amidine groups is 1. The summed E-state index contributed by atoms with van der Waals surface area (Å²) in [5.41, 5.74) is -3.26. The van der Waals surface area contributed by atoms with Gasteiger partial charge in [-0.1, -0.05) is 11.8 Å². The summed E-state index contributed by atoms with van der Waals surface area (Å²) in [6.07, 6.45) is -3.47. The lowest BCUT2D eigenvalue weighted by molar-refractivity contribution is -0.202. The van der Waals surface area contributed by atoms with Crippen LogP contribution in [0.15, 0.2) is 21.6 Å². The fourth-order valence-corrected chi connectivity index (χ4v) is 2.40. The summed E-state index contributed by atoms with van der Waals surface area (Å²) >= 11 is 0.974. The van der Waals surface area contributed by atoms with Gasteiger partial charge in [-0.05, 0) is 5.41 Å². The Hall–Kier alpha value is -1.71. The number of halogens is 3. The Labute approximate surface area is 117 Å². The van der Waals surface area contributed by atoms with Crippen molar-refractivity contribution in [2.75, 3.05) is 21.2 Å². The molecule has 0 amide bonds. The van der Waals surface area contributed by atoms with E-state index in [0.717, 1.165) is 18.9 Å². The molecule has 10 heteroatoms. The molecule has 110 valence electrons. The number of fused-ring (bicyclic) bond motifs is 1. The van der Waals surface area contributed by atoms with Crippen molar-refractivity contribution < 1.29 is 22.7 Å². The van der Waals surface area contributed by atoms with Crippen LogP contribution < -0.4 is 0 Å². The molecule has 0 aromatic rings. The van der Waals surface area contributed by atoms with Gasteiger partial charge in [-0.25, -0.2) is 14.8 Å². The molecule has 0 fully saturated rings. The van der Waals surface area contributed by atoms with E-state index in [1.54, 1.807) is 5.41 Å². The Morgan fingerprint density at radius 2 is 2.10 bits per heavy atom. The van der Waals surface area contributed by atoms with E-state index in [1.807, 2.05) is 0 Å². The van der Waals surface area contributed by atoms with Crippen molar-refractivity contribution in [2.24, 2.45) is 9.98 Å². The minimum absolute atomic E-state index is 0.0198. The normalized spacial score (nSPS) is 25.0. The van der Waals surface area contributed by atoms with Crippen LogP contribution in [0, 0.1) is 0 Å². The average Bonchev–Trinajstić information content (AvgIpc) is 2.82. The van der Waals surface area contributed by atoms with Crippen molar-refractivity contribution in [3.63, 3.8) is 0 Å². The molecule has 0 bridgehead atoms. The number of hydrogen-bond acceptors (Lipinski definition) is 7. The van der Waals surface area contributed by atoms with Gasteiger partial charge in [0.05, 0.1) is 7.11 Å². The first kappa shape index (κ1) is 14.7. The third-order valence-electron chi connectivity index (χ3n) is 2.59. The Morgan fingerprint density at radius 3 is 2.60 bits per heavy atom. The predicted octanol–water partition coefficient (Wildman–Crippen LogP) is 1.23. The summed E-state index contributed by atoms with van der Waals surface area (Å²) in [6, 6.07) is 0. The van der Waals surface area contributed by atoms with E-state index in [0.29, 0.717) is 0 Å². The van der Waals surface area contributed by atoms with E-state index in [-0.39, 0.29) is 11.1 Å². The molecule has 0 aromatic carbocycles. The lowest BCUT2D eigenvalue weighted by Crippen LogP contribution is -2.56. The van der Waals surface area contributed by atoms with Crippen LogP contribution in [-0.4, -0.2) is 59.9 Å². The van der Waals surface area contributed by atoms with Crippen LogP contribution in [0.1, 0.15) is 0 Å². The maximum atomic E-state index is 13.3. The number of esters is 1. The zero-order valence-corrected chi connectivity index (χ0v) is 11.6. The van der Waals surface area contributed by atoms with Crippen LogP contribution in [0.25, 0.3) is 0 Å². The van der Waals surface area contributed by atoms with Crippen LogP contribution in [0.5, 0.6) is 0 Å². The van der Waals surface area contributed by atoms with E-state index >= 15 is 0 Å². The summed E-state index contributed by atoms with van der Waals surface area (Å²) in [5, 5.41) is 1.58. The Morgan fingerprint density at radius 1 is 1.45 bits per heavy atom. The number of rotatable bonds is 1. The molecule has 6 nitrogen and oxygen atoms in total. The number of carbonyl (C=O) groups excluding carboxylic acids is 1. The number of alkyl halides is 3. The summed E-state index contributed by atoms with van der Waals surface area (Å²) in [4.78, 5) is 21.4. The second kappa shape index (κ2) is 4.69. The maximum Gasteiger partial charge on any atom is 0.446 e. The molecule has 20 heavy (non-hydrogen) atoms. The minimum Gasteiger partial charge on any atom is -0.465 e. The lowest BCUT2D eigenvalue weighted by atomic mass is 10.1. The molecule has 0 aliphatic carbocycles. The SMILES string of the molecule is COC(=O)C1(C(F)(F)F)N=C2SC=CN2C(N(C)C)=N1. The Bertz CT molecular complexity index is 529. The van der Waals surface area contributed by atoms with Crippen molar-refractivity contribution in [3.8, 4) is 0 Å². The van der Waals surface area contributed by atoms with Gasteiger partial charge in [0.15, 0.2) is 5.17 Å². The highest BCUT2D eigenvalue weighted by Crippen LogP contribution is 2.41. The first-order valence-electron chi connectivity index (χ1n) is 5.37. The van der Waals surface area contributed by atoms with Gasteiger partial charge < -0.3 is 9.64 Å². The molecule has 2 aliphatic heterocycles. The minimum atomic E-state index is -5.00. The maximum absolute atomic E-state index is 13.3. The van der Waals surface area contributed by atoms with E-state index in [2.05, 4.69) is 14.7 Å². The van der Waals surface area contributed by atoms with Crippen molar-refractivity contribution >= 4 is 28.9 Å². The number of hydrogen-bond donors (Lipinski definition) is 0. The molecule has 2 heterocycles. The van der Waals surface area contributed by atoms with E-state index < -0.39 is 17.8 Å². The average molecular weight is 308 g/mol. The molecule has 0 saturated carbocycles. The standard InChI is InChI=1S/C10H11F3N4O2S/c1-16(2)7-14-9(6(18)19-3,10(11,12)13)15-8-17(7)4-5-20-8/h4-5H,1-3H3. The van der Waals surface area contributed by atoms with Gasteiger partial charge in [0.25, 0.3) is 0 Å². The topological polar surface area (TPSA) is 57.5 Å². The summed E-state index contributed by atoms with van der Waals surface area (Å²) in [7, 11) is 3.92. The zero-order chi connectivity index (χ0) is 15.1. The number of methoxy groups -OCH3 is 1. The number of carbonyl (C=O) groups is 1. The Balaban J connectivity index is 2.63. The van der Waals surface area contributed by atoms with Gasteiger partial charge in [-0.15, -0.1) is 0 Å². The second-order valence-corrected chi connectivity index (χ2v) is 5.01. The van der Waals surface area contributed by atoms with E-state index in [4.69, 9.17) is 0 Å². The number of ether oxygens (including phenoxy) is 1. The summed E-state index contributed by atoms with van der Waals surface area (Å²) in [5.74, 6) is -1.61. The summed E-state index contributed by atoms with van der Waals surface area (Å²) < 4.78 is 44.3. The molecule has 1 atom stereocenters. The van der Waals surface area contributed by atoms with Gasteiger partial charge in [-0.3, -0.25) is 4.90 Å². The van der Waals surface area contributed by atoms with Crippen molar-refractivity contribution in [2.45, 2.75) is 11.8 Å². The number of aliphatic imine (C=N–C) groups is 2. The van der Waals surface area contributed by atoms with E-state index in [9.17, 15) is 18.0 Å². The van der Waals surface area contributed by atoms with Crippen LogP contribution in [0.3, 0.4) is 0 Å². The fourth-order valence-electron chi connectivity index (χ4n) is 1.66. The summed E-state index contributed by atoms with van der Waals surface area (Å²) in [6.45, 7) is 0. The molecule has 0 aromatic heterocycles. The molecule has 0 spiro atoms. The van der Waals surface area contributed by atoms with Crippen molar-refractivity contribution in [1.29, 1.82) is 0 Å². The lowest BCUT2D eigenvalue weighted by Gasteiger charge is -2.35. The zero-order valence-electron chi connectivity index (χ0n) is 10.8. The number of guanidine groups is 1. The quantitative estimate of drug-likeness (QED) is 0.682. The molecule has 0 radical (unpaired) electrons. The molecular weight excluding hydrogens is 297 g/mol. The smallest absolute Gasteiger partial charge is 0.446 e. The first-order valence-corrected chi connectivity index (χ1v) is 6.25. The molecule has 1 unspecified atom stereocenters. The second-order valence-electron chi connectivity index (χ2n) is 4.14. The fraction of sp³-hybridized carbons (Fsp3) is 0.500. The first-order chi connectivity index (χ1) is 9.23. The van der Waals surface area contributed by atoms with Crippen LogP contribution in [0.4, 0.5) is 13.2 Å². The highest BCUT2D eigenvalue weighted by molar-refractivity contribution is 8.16. The molecule has 2 aliphatic rings. The third-order valence-corrected chi connectivity index (χ3v) is 3.35. The van der Waals surface area contributed by atoms with Crippen LogP contribution in [-0.2, 0) is 9.53 Å². The number of nitrogens with zero attached hydrogens (tertiary/aromatic N) is 4. The Kier molecular flexibility index (Phi) is 3.44. The highest BCUT2D eigenvalue weighted by atomic mass is 32.2. The molecule has 2 rings (SSSR count). The monoisotopic (exact) mass is 308 g/mol. The third kappa shape index (κ3) is 2.03.